The molecule has 5 heteroatoms. The second kappa shape index (κ2) is 24.5. The van der Waals surface area contributed by atoms with Gasteiger partial charge < -0.3 is 18.0 Å². The van der Waals surface area contributed by atoms with E-state index in [-0.39, 0.29) is 0 Å². The Hall–Kier alpha value is -0.883. The number of unbranched alkanes of at least 4 members (excludes halogenated alkanes) is 16. The summed E-state index contributed by atoms with van der Waals surface area (Å²) in [4.78, 5) is 0. The van der Waals surface area contributed by atoms with Crippen molar-refractivity contribution < 1.29 is 18.0 Å². The van der Waals surface area contributed by atoms with Crippen LogP contribution in [0.5, 0.6) is 5.75 Å². The summed E-state index contributed by atoms with van der Waals surface area (Å²) in [6.45, 7) is 8.99. The number of rotatable bonds is 27. The average Bonchev–Trinajstić information content (AvgIpc) is 2.88. The molecule has 1 rings (SSSR count). The molecule has 1 aromatic carbocycles. The molecule has 0 saturated carbocycles. The number of hydrogen-bond acceptors (Lipinski definition) is 4. The largest absolute Gasteiger partial charge is 0.500 e. The molecule has 0 unspecified atom stereocenters. The molecule has 0 heterocycles. The molecule has 36 heavy (non-hydrogen) atoms. The van der Waals surface area contributed by atoms with Crippen LogP contribution in [-0.4, -0.2) is 35.2 Å². The van der Waals surface area contributed by atoms with E-state index in [1.54, 1.807) is 0 Å². The zero-order chi connectivity index (χ0) is 26.0. The number of hydrogen-bond donors (Lipinski definition) is 0. The van der Waals surface area contributed by atoms with E-state index in [2.05, 4.69) is 0 Å². The minimum Gasteiger partial charge on any atom is -0.494 e. The van der Waals surface area contributed by atoms with E-state index < -0.39 is 8.80 Å². The first-order valence-corrected chi connectivity index (χ1v) is 17.3. The first-order valence-electron chi connectivity index (χ1n) is 15.4. The maximum Gasteiger partial charge on any atom is 0.500 e. The van der Waals surface area contributed by atoms with Crippen molar-refractivity contribution in [3.8, 4) is 5.75 Å². The summed E-state index contributed by atoms with van der Waals surface area (Å²) in [5.74, 6) is 0.996. The monoisotopic (exact) mass is 522 g/mol. The Kier molecular flexibility index (Phi) is 22.5. The third-order valence-corrected chi connectivity index (χ3v) is 9.88. The Bertz CT molecular complexity index is 552. The van der Waals surface area contributed by atoms with Crippen LogP contribution in [0.25, 0.3) is 0 Å². The molecule has 0 saturated heterocycles. The molecule has 0 amide bonds. The van der Waals surface area contributed by atoms with E-state index in [0.29, 0.717) is 19.8 Å². The Balaban J connectivity index is 1.79. The van der Waals surface area contributed by atoms with Gasteiger partial charge in [-0.3, -0.25) is 0 Å². The Morgan fingerprint density at radius 1 is 0.472 bits per heavy atom. The average molecular weight is 523 g/mol. The lowest BCUT2D eigenvalue weighted by Gasteiger charge is -2.28. The molecule has 0 aliphatic rings. The van der Waals surface area contributed by atoms with Gasteiger partial charge in [-0.15, -0.1) is 0 Å². The fraction of sp³-hybridized carbons (Fsp3) is 0.806. The summed E-state index contributed by atoms with van der Waals surface area (Å²) < 4.78 is 23.6. The van der Waals surface area contributed by atoms with Gasteiger partial charge in [0.2, 0.25) is 0 Å². The predicted molar refractivity (Wildman–Crippen MR) is 156 cm³/mol. The van der Waals surface area contributed by atoms with E-state index >= 15 is 0 Å². The second-order valence-electron chi connectivity index (χ2n) is 9.90. The molecule has 210 valence electrons. The van der Waals surface area contributed by atoms with Gasteiger partial charge in [-0.2, -0.15) is 0 Å². The van der Waals surface area contributed by atoms with Crippen LogP contribution in [0.2, 0.25) is 6.04 Å². The SMILES string of the molecule is CCO[Si](CCCCCCCCCCCCCCCCCCCOc1ccccc1)(OCC)OCC. The third-order valence-electron chi connectivity index (χ3n) is 6.73. The van der Waals surface area contributed by atoms with Crippen LogP contribution in [0, 0.1) is 0 Å². The van der Waals surface area contributed by atoms with Gasteiger partial charge in [-0.05, 0) is 45.7 Å². The summed E-state index contributed by atoms with van der Waals surface area (Å²) >= 11 is 0. The molecule has 4 nitrogen and oxygen atoms in total. The molecular weight excluding hydrogens is 464 g/mol. The highest BCUT2D eigenvalue weighted by molar-refractivity contribution is 6.60. The molecule has 1 aromatic rings. The van der Waals surface area contributed by atoms with Crippen molar-refractivity contribution in [2.45, 2.75) is 136 Å². The van der Waals surface area contributed by atoms with Crippen LogP contribution in [0.4, 0.5) is 0 Å². The van der Waals surface area contributed by atoms with Gasteiger partial charge in [0, 0.05) is 25.9 Å². The lowest BCUT2D eigenvalue weighted by atomic mass is 10.0. The highest BCUT2D eigenvalue weighted by Gasteiger charge is 2.39. The van der Waals surface area contributed by atoms with E-state index in [4.69, 9.17) is 18.0 Å². The third kappa shape index (κ3) is 18.4. The summed E-state index contributed by atoms with van der Waals surface area (Å²) in [6.07, 6.45) is 23.1. The van der Waals surface area contributed by atoms with Crippen molar-refractivity contribution in [1.29, 1.82) is 0 Å². The minimum atomic E-state index is -2.42. The quantitative estimate of drug-likeness (QED) is 0.0851. The van der Waals surface area contributed by atoms with Crippen LogP contribution in [-0.2, 0) is 13.3 Å². The molecular formula is C31H58O4Si. The van der Waals surface area contributed by atoms with E-state index in [0.717, 1.165) is 24.8 Å². The number of ether oxygens (including phenoxy) is 1. The summed E-state index contributed by atoms with van der Waals surface area (Å²) in [5.41, 5.74) is 0. The van der Waals surface area contributed by atoms with Crippen LogP contribution in [0.3, 0.4) is 0 Å². The van der Waals surface area contributed by atoms with E-state index in [1.165, 1.54) is 103 Å². The molecule has 0 radical (unpaired) electrons. The smallest absolute Gasteiger partial charge is 0.494 e. The highest BCUT2D eigenvalue weighted by atomic mass is 28.4. The zero-order valence-electron chi connectivity index (χ0n) is 24.1. The van der Waals surface area contributed by atoms with Gasteiger partial charge in [-0.25, -0.2) is 0 Å². The normalized spacial score (nSPS) is 11.8. The van der Waals surface area contributed by atoms with E-state index in [9.17, 15) is 0 Å². The predicted octanol–water partition coefficient (Wildman–Crippen LogP) is 9.75. The van der Waals surface area contributed by atoms with Gasteiger partial charge in [-0.1, -0.05) is 115 Å². The van der Waals surface area contributed by atoms with Crippen LogP contribution in [0.15, 0.2) is 30.3 Å². The molecule has 0 aliphatic heterocycles. The van der Waals surface area contributed by atoms with Crippen LogP contribution < -0.4 is 4.74 Å². The molecule has 0 bridgehead atoms. The summed E-state index contributed by atoms with van der Waals surface area (Å²) in [5, 5.41) is 0. The minimum absolute atomic E-state index is 0.679. The van der Waals surface area contributed by atoms with Crippen molar-refractivity contribution >= 4 is 8.80 Å². The molecule has 0 aromatic heterocycles. The molecule has 0 aliphatic carbocycles. The van der Waals surface area contributed by atoms with Gasteiger partial charge in [0.15, 0.2) is 0 Å². The fourth-order valence-corrected chi connectivity index (χ4v) is 7.49. The van der Waals surface area contributed by atoms with Crippen LogP contribution in [0.1, 0.15) is 130 Å². The maximum atomic E-state index is 5.95. The Morgan fingerprint density at radius 2 is 0.833 bits per heavy atom. The lowest BCUT2D eigenvalue weighted by molar-refractivity contribution is 0.0706. The van der Waals surface area contributed by atoms with Crippen molar-refractivity contribution in [3.63, 3.8) is 0 Å². The molecule has 0 atom stereocenters. The number of benzene rings is 1. The highest BCUT2D eigenvalue weighted by Crippen LogP contribution is 2.21. The van der Waals surface area contributed by atoms with E-state index in [1.807, 2.05) is 51.1 Å². The first-order chi connectivity index (χ1) is 17.8. The fourth-order valence-electron chi connectivity index (χ4n) is 4.80. The molecule has 0 spiro atoms. The first kappa shape index (κ1) is 33.1. The van der Waals surface area contributed by atoms with Crippen molar-refractivity contribution in [1.82, 2.24) is 0 Å². The Morgan fingerprint density at radius 3 is 1.22 bits per heavy atom. The molecule has 0 N–H and O–H groups in total. The molecule has 0 fully saturated rings. The van der Waals surface area contributed by atoms with Crippen molar-refractivity contribution in [2.24, 2.45) is 0 Å². The second-order valence-corrected chi connectivity index (χ2v) is 12.6. The zero-order valence-corrected chi connectivity index (χ0v) is 25.1. The lowest BCUT2D eigenvalue weighted by Crippen LogP contribution is -2.45. The van der Waals surface area contributed by atoms with Gasteiger partial charge in [0.05, 0.1) is 6.61 Å². The number of para-hydroxylation sites is 1. The van der Waals surface area contributed by atoms with Gasteiger partial charge in [0.25, 0.3) is 0 Å². The summed E-state index contributed by atoms with van der Waals surface area (Å²) in [7, 11) is -2.42. The van der Waals surface area contributed by atoms with Gasteiger partial charge >= 0.3 is 8.80 Å². The van der Waals surface area contributed by atoms with Crippen molar-refractivity contribution in [3.05, 3.63) is 30.3 Å². The standard InChI is InChI=1S/C31H58O4Si/c1-4-33-36(34-5-2,35-6-3)30-26-21-19-17-15-13-11-9-7-8-10-12-14-16-18-20-25-29-32-31-27-23-22-24-28-31/h22-24,27-28H,4-21,25-26,29-30H2,1-3H3. The van der Waals surface area contributed by atoms with Crippen LogP contribution >= 0.6 is 0 Å². The topological polar surface area (TPSA) is 36.9 Å². The summed E-state index contributed by atoms with van der Waals surface area (Å²) in [6, 6.07) is 11.1. The van der Waals surface area contributed by atoms with Gasteiger partial charge in [0.1, 0.15) is 5.75 Å². The van der Waals surface area contributed by atoms with Crippen molar-refractivity contribution in [2.75, 3.05) is 26.4 Å². The Labute approximate surface area is 225 Å². The maximum absolute atomic E-state index is 5.95.